The molecule has 4 rings (SSSR count). The Morgan fingerprint density at radius 2 is 1.59 bits per heavy atom. The number of hydrogen-bond acceptors (Lipinski definition) is 3. The van der Waals surface area contributed by atoms with Gasteiger partial charge in [0.05, 0.1) is 17.5 Å². The van der Waals surface area contributed by atoms with Gasteiger partial charge < -0.3 is 5.11 Å². The number of benzene rings is 2. The van der Waals surface area contributed by atoms with Crippen molar-refractivity contribution >= 4 is 0 Å². The van der Waals surface area contributed by atoms with E-state index in [1.54, 1.807) is 0 Å². The highest BCUT2D eigenvalue weighted by Crippen LogP contribution is 2.24. The van der Waals surface area contributed by atoms with Crippen LogP contribution in [0, 0.1) is 5.92 Å². The van der Waals surface area contributed by atoms with Crippen LogP contribution in [0.1, 0.15) is 24.1 Å². The molecule has 1 atom stereocenters. The van der Waals surface area contributed by atoms with Crippen LogP contribution in [0.15, 0.2) is 72.9 Å². The first-order valence-electron chi connectivity index (χ1n) is 9.82. The Balaban J connectivity index is 1.32. The van der Waals surface area contributed by atoms with Crippen molar-refractivity contribution < 1.29 is 5.11 Å². The second kappa shape index (κ2) is 8.51. The van der Waals surface area contributed by atoms with Crippen LogP contribution in [0.3, 0.4) is 0 Å². The van der Waals surface area contributed by atoms with Crippen LogP contribution in [0.25, 0.3) is 5.69 Å². The summed E-state index contributed by atoms with van der Waals surface area (Å²) in [5.74, 6) is 0.389. The van der Waals surface area contributed by atoms with Crippen LogP contribution in [0.5, 0.6) is 0 Å². The van der Waals surface area contributed by atoms with Crippen molar-refractivity contribution in [2.45, 2.75) is 31.9 Å². The first-order chi connectivity index (χ1) is 13.3. The van der Waals surface area contributed by atoms with Crippen LogP contribution >= 0.6 is 0 Å². The minimum atomic E-state index is -0.246. The Morgan fingerprint density at radius 1 is 0.926 bits per heavy atom. The fourth-order valence-electron chi connectivity index (χ4n) is 4.00. The second-order valence-corrected chi connectivity index (χ2v) is 7.44. The molecule has 2 heterocycles. The summed E-state index contributed by atoms with van der Waals surface area (Å²) >= 11 is 0. The molecule has 0 spiro atoms. The first kappa shape index (κ1) is 18.0. The molecule has 4 heteroatoms. The van der Waals surface area contributed by atoms with E-state index in [0.29, 0.717) is 5.92 Å². The van der Waals surface area contributed by atoms with Crippen LogP contribution in [0.4, 0.5) is 0 Å². The summed E-state index contributed by atoms with van der Waals surface area (Å²) < 4.78 is 2.02. The minimum absolute atomic E-state index is 0.246. The van der Waals surface area contributed by atoms with E-state index in [4.69, 9.17) is 0 Å². The number of aromatic nitrogens is 2. The van der Waals surface area contributed by atoms with E-state index in [2.05, 4.69) is 40.3 Å². The molecule has 0 saturated carbocycles. The lowest BCUT2D eigenvalue weighted by Crippen LogP contribution is -2.38. The molecule has 0 bridgehead atoms. The summed E-state index contributed by atoms with van der Waals surface area (Å²) in [5, 5.41) is 15.1. The molecule has 27 heavy (non-hydrogen) atoms. The molecule has 140 valence electrons. The predicted molar refractivity (Wildman–Crippen MR) is 108 cm³/mol. The van der Waals surface area contributed by atoms with Gasteiger partial charge in [-0.2, -0.15) is 5.10 Å². The standard InChI is InChI=1S/C23H27N3O/c27-23(17-19-7-3-1-4-8-19)20-12-15-25(16-13-20)18-22-11-14-24-26(22)21-9-5-2-6-10-21/h1-11,14,20,23,27H,12-13,15-18H2. The Labute approximate surface area is 161 Å². The third-order valence-corrected chi connectivity index (χ3v) is 5.57. The third-order valence-electron chi connectivity index (χ3n) is 5.57. The highest BCUT2D eigenvalue weighted by molar-refractivity contribution is 5.32. The summed E-state index contributed by atoms with van der Waals surface area (Å²) in [4.78, 5) is 2.47. The number of aliphatic hydroxyl groups excluding tert-OH is 1. The number of likely N-dealkylation sites (tertiary alicyclic amines) is 1. The molecule has 0 radical (unpaired) electrons. The average molecular weight is 361 g/mol. The van der Waals surface area contributed by atoms with Gasteiger partial charge in [0.2, 0.25) is 0 Å². The summed E-state index contributed by atoms with van der Waals surface area (Å²) in [5.41, 5.74) is 3.54. The maximum absolute atomic E-state index is 10.6. The molecule has 1 aliphatic rings. The molecular weight excluding hydrogens is 334 g/mol. The van der Waals surface area contributed by atoms with Crippen molar-refractivity contribution in [1.29, 1.82) is 0 Å². The van der Waals surface area contributed by atoms with E-state index in [9.17, 15) is 5.11 Å². The van der Waals surface area contributed by atoms with Crippen LogP contribution in [-0.2, 0) is 13.0 Å². The molecule has 0 aliphatic carbocycles. The number of piperidine rings is 1. The van der Waals surface area contributed by atoms with Gasteiger partial charge in [0.25, 0.3) is 0 Å². The van der Waals surface area contributed by atoms with Crippen molar-refractivity contribution in [3.05, 3.63) is 84.2 Å². The Morgan fingerprint density at radius 3 is 2.30 bits per heavy atom. The van der Waals surface area contributed by atoms with Crippen molar-refractivity contribution in [1.82, 2.24) is 14.7 Å². The van der Waals surface area contributed by atoms with Gasteiger partial charge in [-0.1, -0.05) is 48.5 Å². The van der Waals surface area contributed by atoms with Crippen LogP contribution in [0.2, 0.25) is 0 Å². The number of nitrogens with zero attached hydrogens (tertiary/aromatic N) is 3. The third kappa shape index (κ3) is 4.46. The van der Waals surface area contributed by atoms with E-state index in [1.807, 2.05) is 47.3 Å². The first-order valence-corrected chi connectivity index (χ1v) is 9.82. The van der Waals surface area contributed by atoms with Gasteiger partial charge in [0, 0.05) is 12.7 Å². The molecule has 1 unspecified atom stereocenters. The highest BCUT2D eigenvalue weighted by atomic mass is 16.3. The molecule has 4 nitrogen and oxygen atoms in total. The molecule has 0 amide bonds. The number of para-hydroxylation sites is 1. The summed E-state index contributed by atoms with van der Waals surface area (Å²) in [7, 11) is 0. The van der Waals surface area contributed by atoms with E-state index < -0.39 is 0 Å². The molecule has 1 fully saturated rings. The second-order valence-electron chi connectivity index (χ2n) is 7.44. The normalized spacial score (nSPS) is 17.1. The minimum Gasteiger partial charge on any atom is -0.392 e. The average Bonchev–Trinajstić information content (AvgIpc) is 3.18. The van der Waals surface area contributed by atoms with Gasteiger partial charge in [0.15, 0.2) is 0 Å². The molecule has 3 aromatic rings. The Kier molecular flexibility index (Phi) is 5.66. The van der Waals surface area contributed by atoms with Crippen molar-refractivity contribution in [3.63, 3.8) is 0 Å². The zero-order valence-electron chi connectivity index (χ0n) is 15.6. The van der Waals surface area contributed by atoms with Crippen LogP contribution < -0.4 is 0 Å². The van der Waals surface area contributed by atoms with Gasteiger partial charge in [-0.05, 0) is 62.0 Å². The Bertz CT molecular complexity index is 823. The van der Waals surface area contributed by atoms with Crippen molar-refractivity contribution in [2.24, 2.45) is 5.92 Å². The van der Waals surface area contributed by atoms with Gasteiger partial charge in [-0.25, -0.2) is 4.68 Å². The predicted octanol–water partition coefficient (Wildman–Crippen LogP) is 3.69. The smallest absolute Gasteiger partial charge is 0.0649 e. The van der Waals surface area contributed by atoms with E-state index >= 15 is 0 Å². The lowest BCUT2D eigenvalue weighted by atomic mass is 9.88. The molecule has 2 aromatic carbocycles. The molecule has 1 aliphatic heterocycles. The van der Waals surface area contributed by atoms with Gasteiger partial charge in [0.1, 0.15) is 0 Å². The van der Waals surface area contributed by atoms with Gasteiger partial charge in [-0.15, -0.1) is 0 Å². The van der Waals surface area contributed by atoms with Gasteiger partial charge in [-0.3, -0.25) is 4.90 Å². The van der Waals surface area contributed by atoms with E-state index in [0.717, 1.165) is 44.6 Å². The number of rotatable bonds is 6. The molecular formula is C23H27N3O. The number of hydrogen-bond donors (Lipinski definition) is 1. The molecule has 1 saturated heterocycles. The quantitative estimate of drug-likeness (QED) is 0.728. The van der Waals surface area contributed by atoms with Crippen molar-refractivity contribution in [2.75, 3.05) is 13.1 Å². The van der Waals surface area contributed by atoms with E-state index in [1.165, 1.54) is 11.3 Å². The molecule has 1 aromatic heterocycles. The Hall–Kier alpha value is -2.43. The zero-order chi connectivity index (χ0) is 18.5. The maximum atomic E-state index is 10.6. The largest absolute Gasteiger partial charge is 0.392 e. The fraction of sp³-hybridized carbons (Fsp3) is 0.348. The monoisotopic (exact) mass is 361 g/mol. The van der Waals surface area contributed by atoms with Crippen LogP contribution in [-0.4, -0.2) is 39.0 Å². The summed E-state index contributed by atoms with van der Waals surface area (Å²) in [6, 6.07) is 22.7. The fourth-order valence-corrected chi connectivity index (χ4v) is 4.00. The summed E-state index contributed by atoms with van der Waals surface area (Å²) in [6.45, 7) is 2.95. The summed E-state index contributed by atoms with van der Waals surface area (Å²) in [6.07, 6.45) is 4.48. The lowest BCUT2D eigenvalue weighted by Gasteiger charge is -2.34. The topological polar surface area (TPSA) is 41.3 Å². The van der Waals surface area contributed by atoms with Gasteiger partial charge >= 0.3 is 0 Å². The SMILES string of the molecule is OC(Cc1ccccc1)C1CCN(Cc2ccnn2-c2ccccc2)CC1. The lowest BCUT2D eigenvalue weighted by molar-refractivity contribution is 0.0571. The maximum Gasteiger partial charge on any atom is 0.0649 e. The highest BCUT2D eigenvalue weighted by Gasteiger charge is 2.25. The molecule has 1 N–H and O–H groups in total. The van der Waals surface area contributed by atoms with E-state index in [-0.39, 0.29) is 6.10 Å². The zero-order valence-corrected chi connectivity index (χ0v) is 15.6. The number of aliphatic hydroxyl groups is 1. The van der Waals surface area contributed by atoms with Crippen molar-refractivity contribution in [3.8, 4) is 5.69 Å².